The van der Waals surface area contributed by atoms with Crippen molar-refractivity contribution >= 4 is 24.0 Å². The summed E-state index contributed by atoms with van der Waals surface area (Å²) in [7, 11) is 0. The number of anilines is 1. The van der Waals surface area contributed by atoms with Crippen LogP contribution >= 0.6 is 12.2 Å². The minimum Gasteiger partial charge on any atom is -0.444 e. The molecule has 5 heteroatoms. The number of carbonyl (C=O) groups is 1. The quantitative estimate of drug-likeness (QED) is 0.723. The Kier molecular flexibility index (Phi) is 3.47. The number of H-pyrrole nitrogens is 1. The van der Waals surface area contributed by atoms with E-state index in [-0.39, 0.29) is 0 Å². The number of aromatic nitrogens is 1. The van der Waals surface area contributed by atoms with Crippen molar-refractivity contribution in [3.05, 3.63) is 23.0 Å². The Morgan fingerprint density at radius 1 is 1.47 bits per heavy atom. The number of pyridine rings is 1. The highest BCUT2D eigenvalue weighted by molar-refractivity contribution is 7.71. The lowest BCUT2D eigenvalue weighted by Gasteiger charge is -2.19. The third kappa shape index (κ3) is 4.60. The second-order valence-corrected chi connectivity index (χ2v) is 4.51. The van der Waals surface area contributed by atoms with E-state index in [1.54, 1.807) is 18.3 Å². The van der Waals surface area contributed by atoms with E-state index in [1.165, 1.54) is 0 Å². The van der Waals surface area contributed by atoms with E-state index in [9.17, 15) is 4.79 Å². The van der Waals surface area contributed by atoms with Gasteiger partial charge in [0.1, 0.15) is 10.2 Å². The third-order valence-corrected chi connectivity index (χ3v) is 1.68. The first-order chi connectivity index (χ1) is 6.87. The number of ether oxygens (including phenoxy) is 1. The second kappa shape index (κ2) is 4.44. The summed E-state index contributed by atoms with van der Waals surface area (Å²) in [5, 5.41) is 2.59. The first kappa shape index (κ1) is 11.7. The Hall–Kier alpha value is -1.36. The van der Waals surface area contributed by atoms with Gasteiger partial charge >= 0.3 is 6.09 Å². The Morgan fingerprint density at radius 3 is 2.60 bits per heavy atom. The molecule has 4 nitrogen and oxygen atoms in total. The molecule has 15 heavy (non-hydrogen) atoms. The van der Waals surface area contributed by atoms with Gasteiger partial charge in [0.15, 0.2) is 0 Å². The van der Waals surface area contributed by atoms with Gasteiger partial charge < -0.3 is 9.72 Å². The van der Waals surface area contributed by atoms with Crippen LogP contribution in [-0.2, 0) is 4.74 Å². The fourth-order valence-corrected chi connectivity index (χ4v) is 1.04. The van der Waals surface area contributed by atoms with Gasteiger partial charge in [0.25, 0.3) is 0 Å². The molecule has 0 spiro atoms. The SMILES string of the molecule is CC(C)(C)OC(=O)Nc1ccc(=S)[nH]c1. The Morgan fingerprint density at radius 2 is 2.13 bits per heavy atom. The van der Waals surface area contributed by atoms with Gasteiger partial charge in [-0.25, -0.2) is 4.79 Å². The van der Waals surface area contributed by atoms with Crippen molar-refractivity contribution in [2.24, 2.45) is 0 Å². The molecule has 2 N–H and O–H groups in total. The van der Waals surface area contributed by atoms with E-state index in [2.05, 4.69) is 10.3 Å². The molecule has 82 valence electrons. The number of amides is 1. The van der Waals surface area contributed by atoms with E-state index in [1.807, 2.05) is 20.8 Å². The van der Waals surface area contributed by atoms with E-state index >= 15 is 0 Å². The minimum atomic E-state index is -0.494. The number of hydrogen-bond acceptors (Lipinski definition) is 3. The Balaban J connectivity index is 2.59. The number of hydrogen-bond donors (Lipinski definition) is 2. The van der Waals surface area contributed by atoms with E-state index in [0.717, 1.165) is 0 Å². The van der Waals surface area contributed by atoms with Crippen LogP contribution in [0.5, 0.6) is 0 Å². The predicted octanol–water partition coefficient (Wildman–Crippen LogP) is 3.09. The summed E-state index contributed by atoms with van der Waals surface area (Å²) in [6, 6.07) is 3.41. The van der Waals surface area contributed by atoms with Crippen molar-refractivity contribution in [2.75, 3.05) is 5.32 Å². The van der Waals surface area contributed by atoms with Crippen LogP contribution in [0.4, 0.5) is 10.5 Å². The molecule has 0 saturated carbocycles. The maximum atomic E-state index is 11.3. The zero-order valence-corrected chi connectivity index (χ0v) is 9.77. The highest BCUT2D eigenvalue weighted by Crippen LogP contribution is 2.10. The van der Waals surface area contributed by atoms with Crippen molar-refractivity contribution in [2.45, 2.75) is 26.4 Å². The lowest BCUT2D eigenvalue weighted by atomic mass is 10.2. The van der Waals surface area contributed by atoms with Crippen LogP contribution in [0, 0.1) is 4.64 Å². The topological polar surface area (TPSA) is 54.1 Å². The molecule has 0 bridgehead atoms. The van der Waals surface area contributed by atoms with E-state index in [0.29, 0.717) is 10.3 Å². The summed E-state index contributed by atoms with van der Waals surface area (Å²) >= 11 is 4.87. The summed E-state index contributed by atoms with van der Waals surface area (Å²) in [5.74, 6) is 0. The van der Waals surface area contributed by atoms with Crippen LogP contribution in [-0.4, -0.2) is 16.7 Å². The Labute approximate surface area is 93.7 Å². The summed E-state index contributed by atoms with van der Waals surface area (Å²) in [4.78, 5) is 14.2. The summed E-state index contributed by atoms with van der Waals surface area (Å²) in [6.45, 7) is 5.43. The summed E-state index contributed by atoms with van der Waals surface area (Å²) in [6.07, 6.45) is 1.14. The molecule has 0 fully saturated rings. The fourth-order valence-electron chi connectivity index (χ4n) is 0.910. The molecule has 0 radical (unpaired) electrons. The zero-order valence-electron chi connectivity index (χ0n) is 8.96. The summed E-state index contributed by atoms with van der Waals surface area (Å²) in [5.41, 5.74) is 0.129. The number of aromatic amines is 1. The summed E-state index contributed by atoms with van der Waals surface area (Å²) < 4.78 is 5.70. The van der Waals surface area contributed by atoms with Gasteiger partial charge in [0, 0.05) is 6.20 Å². The van der Waals surface area contributed by atoms with Crippen molar-refractivity contribution in [1.82, 2.24) is 4.98 Å². The molecule has 0 aliphatic rings. The van der Waals surface area contributed by atoms with Gasteiger partial charge in [-0.2, -0.15) is 0 Å². The molecule has 0 unspecified atom stereocenters. The first-order valence-electron chi connectivity index (χ1n) is 4.55. The minimum absolute atomic E-state index is 0.479. The lowest BCUT2D eigenvalue weighted by Crippen LogP contribution is -2.27. The van der Waals surface area contributed by atoms with Gasteiger partial charge in [-0.05, 0) is 32.9 Å². The van der Waals surface area contributed by atoms with Crippen LogP contribution in [0.15, 0.2) is 18.3 Å². The average Bonchev–Trinajstić information content (AvgIpc) is 2.05. The number of carbonyl (C=O) groups excluding carboxylic acids is 1. The maximum absolute atomic E-state index is 11.3. The molecule has 1 aromatic heterocycles. The van der Waals surface area contributed by atoms with Gasteiger partial charge in [-0.1, -0.05) is 12.2 Å². The standard InChI is InChI=1S/C10H14N2O2S/c1-10(2,3)14-9(13)12-7-4-5-8(15)11-6-7/h4-6H,1-3H3,(H,11,15)(H,12,13). The van der Waals surface area contributed by atoms with Crippen molar-refractivity contribution < 1.29 is 9.53 Å². The van der Waals surface area contributed by atoms with Crippen molar-refractivity contribution in [1.29, 1.82) is 0 Å². The number of rotatable bonds is 1. The van der Waals surface area contributed by atoms with Gasteiger partial charge in [0.05, 0.1) is 5.69 Å². The van der Waals surface area contributed by atoms with Crippen LogP contribution in [0.1, 0.15) is 20.8 Å². The molecule has 0 saturated heterocycles. The first-order valence-corrected chi connectivity index (χ1v) is 4.96. The lowest BCUT2D eigenvalue weighted by molar-refractivity contribution is 0.0636. The largest absolute Gasteiger partial charge is 0.444 e. The smallest absolute Gasteiger partial charge is 0.412 e. The molecule has 0 aromatic carbocycles. The van der Waals surface area contributed by atoms with Crippen LogP contribution in [0.3, 0.4) is 0 Å². The van der Waals surface area contributed by atoms with Gasteiger partial charge in [-0.15, -0.1) is 0 Å². The molecule has 1 aromatic rings. The van der Waals surface area contributed by atoms with E-state index < -0.39 is 11.7 Å². The van der Waals surface area contributed by atoms with Gasteiger partial charge in [0.2, 0.25) is 0 Å². The van der Waals surface area contributed by atoms with Crippen molar-refractivity contribution in [3.63, 3.8) is 0 Å². The van der Waals surface area contributed by atoms with E-state index in [4.69, 9.17) is 17.0 Å². The molecule has 0 aliphatic heterocycles. The van der Waals surface area contributed by atoms with Crippen LogP contribution in [0.2, 0.25) is 0 Å². The van der Waals surface area contributed by atoms with Crippen LogP contribution in [0.25, 0.3) is 0 Å². The molecule has 1 rings (SSSR count). The number of nitrogens with one attached hydrogen (secondary N) is 2. The Bertz CT molecular complexity index is 386. The fraction of sp³-hybridized carbons (Fsp3) is 0.400. The molecule has 0 aliphatic carbocycles. The monoisotopic (exact) mass is 226 g/mol. The highest BCUT2D eigenvalue weighted by Gasteiger charge is 2.15. The predicted molar refractivity (Wildman–Crippen MR) is 61.5 cm³/mol. The van der Waals surface area contributed by atoms with Crippen LogP contribution < -0.4 is 5.32 Å². The maximum Gasteiger partial charge on any atom is 0.412 e. The molecular weight excluding hydrogens is 212 g/mol. The molecule has 1 amide bonds. The molecule has 1 heterocycles. The highest BCUT2D eigenvalue weighted by atomic mass is 32.1. The zero-order chi connectivity index (χ0) is 11.5. The molecular formula is C10H14N2O2S. The van der Waals surface area contributed by atoms with Gasteiger partial charge in [-0.3, -0.25) is 5.32 Å². The second-order valence-electron chi connectivity index (χ2n) is 4.07. The van der Waals surface area contributed by atoms with Crippen molar-refractivity contribution in [3.8, 4) is 0 Å². The average molecular weight is 226 g/mol. The molecule has 0 atom stereocenters. The third-order valence-electron chi connectivity index (χ3n) is 1.43. The normalized spacial score (nSPS) is 10.9.